The fourth-order valence-corrected chi connectivity index (χ4v) is 5.63. The summed E-state index contributed by atoms with van der Waals surface area (Å²) in [6.07, 6.45) is 8.45. The summed E-state index contributed by atoms with van der Waals surface area (Å²) in [4.78, 5) is 4.06. The highest BCUT2D eigenvalue weighted by Crippen LogP contribution is 2.23. The molecule has 2 unspecified atom stereocenters. The molecule has 0 aromatic carbocycles. The fraction of sp³-hybridized carbons (Fsp3) is 0.833. The van der Waals surface area contributed by atoms with Gasteiger partial charge in [-0.1, -0.05) is 27.7 Å². The Labute approximate surface area is 153 Å². The second kappa shape index (κ2) is 12.6. The third-order valence-electron chi connectivity index (χ3n) is 3.82. The van der Waals surface area contributed by atoms with Gasteiger partial charge in [0.15, 0.2) is 0 Å². The van der Waals surface area contributed by atoms with Gasteiger partial charge in [0.25, 0.3) is 0 Å². The maximum Gasteiger partial charge on any atom is 0.503 e. The van der Waals surface area contributed by atoms with E-state index >= 15 is 0 Å². The summed E-state index contributed by atoms with van der Waals surface area (Å²) in [6.45, 7) is 11.0. The standard InChI is InChI=1S/C18H36N2O4Si/c1-5-10-22-25(23-11-6-2,24-12-7-3)15-18(21)13-17(4)14-20-9-8-19-16-20/h8-9,16-18,21H,5-7,10-15H2,1-4H3. The molecular formula is C18H36N2O4Si. The minimum Gasteiger partial charge on any atom is -0.393 e. The molecule has 6 nitrogen and oxygen atoms in total. The fourth-order valence-electron chi connectivity index (χ4n) is 2.74. The summed E-state index contributed by atoms with van der Waals surface area (Å²) in [6, 6.07) is 0.460. The van der Waals surface area contributed by atoms with Crippen LogP contribution in [0.2, 0.25) is 6.04 Å². The van der Waals surface area contributed by atoms with Crippen LogP contribution in [-0.4, -0.2) is 49.4 Å². The molecule has 0 aliphatic carbocycles. The predicted molar refractivity (Wildman–Crippen MR) is 101 cm³/mol. The van der Waals surface area contributed by atoms with Gasteiger partial charge in [-0.05, 0) is 31.6 Å². The molecule has 1 aromatic heterocycles. The van der Waals surface area contributed by atoms with Crippen LogP contribution in [0.4, 0.5) is 0 Å². The van der Waals surface area contributed by atoms with Crippen molar-refractivity contribution in [3.05, 3.63) is 18.7 Å². The molecule has 0 aliphatic rings. The van der Waals surface area contributed by atoms with E-state index in [1.54, 1.807) is 12.5 Å². The van der Waals surface area contributed by atoms with Crippen LogP contribution in [0.3, 0.4) is 0 Å². The first-order valence-corrected chi connectivity index (χ1v) is 11.5. The number of aliphatic hydroxyl groups excluding tert-OH is 1. The highest BCUT2D eigenvalue weighted by atomic mass is 28.4. The van der Waals surface area contributed by atoms with Crippen molar-refractivity contribution in [3.63, 3.8) is 0 Å². The Balaban J connectivity index is 2.64. The van der Waals surface area contributed by atoms with Crippen molar-refractivity contribution in [3.8, 4) is 0 Å². The zero-order valence-corrected chi connectivity index (χ0v) is 17.3. The smallest absolute Gasteiger partial charge is 0.393 e. The van der Waals surface area contributed by atoms with Gasteiger partial charge in [0, 0.05) is 44.8 Å². The van der Waals surface area contributed by atoms with Gasteiger partial charge in [-0.2, -0.15) is 0 Å². The average molecular weight is 373 g/mol. The maximum atomic E-state index is 10.7. The van der Waals surface area contributed by atoms with E-state index in [9.17, 15) is 5.11 Å². The monoisotopic (exact) mass is 372 g/mol. The molecule has 1 N–H and O–H groups in total. The van der Waals surface area contributed by atoms with Gasteiger partial charge in [0.1, 0.15) is 0 Å². The minimum absolute atomic E-state index is 0.333. The van der Waals surface area contributed by atoms with E-state index in [4.69, 9.17) is 13.3 Å². The largest absolute Gasteiger partial charge is 0.503 e. The number of hydrogen-bond donors (Lipinski definition) is 1. The van der Waals surface area contributed by atoms with Crippen molar-refractivity contribution in [2.45, 2.75) is 72.1 Å². The first-order valence-electron chi connectivity index (χ1n) is 9.60. The molecule has 2 atom stereocenters. The number of aliphatic hydroxyl groups is 1. The van der Waals surface area contributed by atoms with Gasteiger partial charge < -0.3 is 23.0 Å². The molecule has 1 heterocycles. The van der Waals surface area contributed by atoms with Gasteiger partial charge in [0.05, 0.1) is 12.4 Å². The normalized spacial score (nSPS) is 14.6. The molecule has 146 valence electrons. The Morgan fingerprint density at radius 1 is 1.04 bits per heavy atom. The van der Waals surface area contributed by atoms with Crippen LogP contribution in [-0.2, 0) is 19.8 Å². The molecule has 0 amide bonds. The summed E-state index contributed by atoms with van der Waals surface area (Å²) in [7, 11) is -2.84. The summed E-state index contributed by atoms with van der Waals surface area (Å²) in [5, 5.41) is 10.7. The van der Waals surface area contributed by atoms with Crippen LogP contribution >= 0.6 is 0 Å². The quantitative estimate of drug-likeness (QED) is 0.477. The van der Waals surface area contributed by atoms with Crippen molar-refractivity contribution in [2.75, 3.05) is 19.8 Å². The van der Waals surface area contributed by atoms with Crippen molar-refractivity contribution in [1.29, 1.82) is 0 Å². The maximum absolute atomic E-state index is 10.7. The third-order valence-corrected chi connectivity index (χ3v) is 6.72. The molecule has 0 spiro atoms. The molecule has 0 saturated heterocycles. The van der Waals surface area contributed by atoms with Crippen molar-refractivity contribution >= 4 is 8.80 Å². The second-order valence-electron chi connectivity index (χ2n) is 6.69. The third kappa shape index (κ3) is 8.96. The molecule has 1 aromatic rings. The molecular weight excluding hydrogens is 336 g/mol. The Kier molecular flexibility index (Phi) is 11.2. The van der Waals surface area contributed by atoms with E-state index in [2.05, 4.69) is 32.7 Å². The van der Waals surface area contributed by atoms with E-state index in [1.807, 2.05) is 10.8 Å². The Morgan fingerprint density at radius 3 is 2.04 bits per heavy atom. The van der Waals surface area contributed by atoms with Gasteiger partial charge in [-0.15, -0.1) is 0 Å². The second-order valence-corrected chi connectivity index (χ2v) is 9.33. The summed E-state index contributed by atoms with van der Waals surface area (Å²) in [5.74, 6) is 0.333. The summed E-state index contributed by atoms with van der Waals surface area (Å²) in [5.41, 5.74) is 0. The van der Waals surface area contributed by atoms with Crippen LogP contribution in [0.5, 0.6) is 0 Å². The topological polar surface area (TPSA) is 65.7 Å². The van der Waals surface area contributed by atoms with Gasteiger partial charge in [0.2, 0.25) is 0 Å². The lowest BCUT2D eigenvalue weighted by Gasteiger charge is -2.31. The van der Waals surface area contributed by atoms with Crippen LogP contribution in [0.15, 0.2) is 18.7 Å². The van der Waals surface area contributed by atoms with E-state index in [1.165, 1.54) is 0 Å². The number of imidazole rings is 1. The summed E-state index contributed by atoms with van der Waals surface area (Å²) < 4.78 is 20.2. The zero-order chi connectivity index (χ0) is 18.5. The van der Waals surface area contributed by atoms with Gasteiger partial charge in [-0.3, -0.25) is 0 Å². The lowest BCUT2D eigenvalue weighted by molar-refractivity contribution is 0.0420. The highest BCUT2D eigenvalue weighted by molar-refractivity contribution is 6.60. The predicted octanol–water partition coefficient (Wildman–Crippen LogP) is 3.49. The van der Waals surface area contributed by atoms with Crippen LogP contribution in [0.1, 0.15) is 53.4 Å². The molecule has 0 radical (unpaired) electrons. The number of rotatable bonds is 15. The van der Waals surface area contributed by atoms with E-state index in [0.29, 0.717) is 38.2 Å². The minimum atomic E-state index is -2.84. The molecule has 25 heavy (non-hydrogen) atoms. The van der Waals surface area contributed by atoms with Crippen molar-refractivity contribution in [1.82, 2.24) is 9.55 Å². The molecule has 0 aliphatic heterocycles. The van der Waals surface area contributed by atoms with Crippen molar-refractivity contribution in [2.24, 2.45) is 5.92 Å². The van der Waals surface area contributed by atoms with Crippen LogP contribution < -0.4 is 0 Å². The number of aromatic nitrogens is 2. The van der Waals surface area contributed by atoms with Gasteiger partial charge in [-0.25, -0.2) is 4.98 Å². The molecule has 0 fully saturated rings. The SMILES string of the molecule is CCCO[Si](CC(O)CC(C)Cn1ccnc1)(OCCC)OCCC. The lowest BCUT2D eigenvalue weighted by Crippen LogP contribution is -2.49. The van der Waals surface area contributed by atoms with Crippen molar-refractivity contribution < 1.29 is 18.4 Å². The Bertz CT molecular complexity index is 409. The molecule has 0 bridgehead atoms. The van der Waals surface area contributed by atoms with E-state index in [-0.39, 0.29) is 0 Å². The first-order chi connectivity index (χ1) is 12.0. The van der Waals surface area contributed by atoms with Crippen LogP contribution in [0.25, 0.3) is 0 Å². The highest BCUT2D eigenvalue weighted by Gasteiger charge is 2.43. The molecule has 1 rings (SSSR count). The van der Waals surface area contributed by atoms with E-state index < -0.39 is 14.9 Å². The van der Waals surface area contributed by atoms with Crippen LogP contribution in [0, 0.1) is 5.92 Å². The Morgan fingerprint density at radius 2 is 1.60 bits per heavy atom. The molecule has 0 saturated carbocycles. The first kappa shape index (κ1) is 22.3. The van der Waals surface area contributed by atoms with Gasteiger partial charge >= 0.3 is 8.80 Å². The zero-order valence-electron chi connectivity index (χ0n) is 16.3. The lowest BCUT2D eigenvalue weighted by atomic mass is 10.0. The average Bonchev–Trinajstić information content (AvgIpc) is 3.08. The number of nitrogens with zero attached hydrogens (tertiary/aromatic N) is 2. The Hall–Kier alpha value is -0.733. The van der Waals surface area contributed by atoms with E-state index in [0.717, 1.165) is 25.8 Å². The summed E-state index contributed by atoms with van der Waals surface area (Å²) >= 11 is 0. The molecule has 7 heteroatoms. The number of hydrogen-bond acceptors (Lipinski definition) is 5.